The fraction of sp³-hybridized carbons (Fsp3) is 0.444. The predicted octanol–water partition coefficient (Wildman–Crippen LogP) is 3.16. The summed E-state index contributed by atoms with van der Waals surface area (Å²) in [5.41, 5.74) is 1.96. The monoisotopic (exact) mass is 359 g/mol. The molecule has 6 nitrogen and oxygen atoms in total. The second-order valence-corrected chi connectivity index (χ2v) is 8.19. The number of carbonyl (C=O) groups excluding carboxylic acids is 1. The summed E-state index contributed by atoms with van der Waals surface area (Å²) >= 11 is 1.81. The van der Waals surface area contributed by atoms with Crippen molar-refractivity contribution in [3.63, 3.8) is 0 Å². The molecule has 0 saturated carbocycles. The van der Waals surface area contributed by atoms with Crippen molar-refractivity contribution in [3.05, 3.63) is 35.5 Å². The number of amides is 1. The number of ether oxygens (including phenoxy) is 2. The number of para-hydroxylation sites is 2. The Morgan fingerprint density at radius 3 is 2.80 bits per heavy atom. The maximum absolute atomic E-state index is 12.8. The van der Waals surface area contributed by atoms with Crippen LogP contribution in [0.15, 0.2) is 24.3 Å². The third-order valence-corrected chi connectivity index (χ3v) is 5.20. The first kappa shape index (κ1) is 16.3. The largest absolute Gasteiger partial charge is 0.485 e. The van der Waals surface area contributed by atoms with Crippen molar-refractivity contribution in [2.75, 3.05) is 11.9 Å². The van der Waals surface area contributed by atoms with E-state index in [0.29, 0.717) is 11.5 Å². The number of fused-ring (bicyclic) bond motifs is 2. The summed E-state index contributed by atoms with van der Waals surface area (Å²) in [6, 6.07) is 7.39. The zero-order valence-corrected chi connectivity index (χ0v) is 15.4. The van der Waals surface area contributed by atoms with Gasteiger partial charge in [0, 0.05) is 17.1 Å². The molecule has 2 aliphatic rings. The van der Waals surface area contributed by atoms with Crippen LogP contribution in [-0.4, -0.2) is 28.4 Å². The van der Waals surface area contributed by atoms with Gasteiger partial charge in [-0.25, -0.2) is 4.68 Å². The number of hydrogen-bond donors (Lipinski definition) is 1. The van der Waals surface area contributed by atoms with E-state index in [0.717, 1.165) is 28.6 Å². The molecule has 0 aliphatic carbocycles. The fourth-order valence-corrected chi connectivity index (χ4v) is 4.01. The standard InChI is InChI=1S/C18H21N3O3S/c1-18(2,3)21-16(11-9-25-10-12(11)20-21)19-17(22)15-8-23-13-6-4-5-7-14(13)24-15/h4-7,15H,8-10H2,1-3H3,(H,19,22). The first-order valence-corrected chi connectivity index (χ1v) is 9.47. The van der Waals surface area contributed by atoms with Gasteiger partial charge in [0.2, 0.25) is 6.10 Å². The van der Waals surface area contributed by atoms with Gasteiger partial charge < -0.3 is 14.8 Å². The lowest BCUT2D eigenvalue weighted by molar-refractivity contribution is -0.125. The number of carbonyl (C=O) groups is 1. The highest BCUT2D eigenvalue weighted by Gasteiger charge is 2.32. The molecule has 132 valence electrons. The Hall–Kier alpha value is -2.15. The summed E-state index contributed by atoms with van der Waals surface area (Å²) in [7, 11) is 0. The first-order valence-electron chi connectivity index (χ1n) is 8.32. The van der Waals surface area contributed by atoms with Gasteiger partial charge in [0.1, 0.15) is 12.4 Å². The fourth-order valence-electron chi connectivity index (χ4n) is 2.97. The summed E-state index contributed by atoms with van der Waals surface area (Å²) in [5, 5.41) is 7.75. The second-order valence-electron chi connectivity index (χ2n) is 7.20. The van der Waals surface area contributed by atoms with Gasteiger partial charge in [0.05, 0.1) is 11.2 Å². The van der Waals surface area contributed by atoms with Crippen LogP contribution >= 0.6 is 11.8 Å². The van der Waals surface area contributed by atoms with E-state index in [-0.39, 0.29) is 18.1 Å². The maximum atomic E-state index is 12.8. The number of nitrogens with zero attached hydrogens (tertiary/aromatic N) is 2. The van der Waals surface area contributed by atoms with Gasteiger partial charge >= 0.3 is 0 Å². The van der Waals surface area contributed by atoms with Gasteiger partial charge in [-0.05, 0) is 32.9 Å². The average Bonchev–Trinajstić information content (AvgIpc) is 3.16. The molecule has 0 radical (unpaired) electrons. The van der Waals surface area contributed by atoms with Gasteiger partial charge in [-0.15, -0.1) is 0 Å². The zero-order valence-electron chi connectivity index (χ0n) is 14.5. The minimum atomic E-state index is -0.678. The molecule has 0 spiro atoms. The number of aromatic nitrogens is 2. The van der Waals surface area contributed by atoms with Crippen LogP contribution in [0.2, 0.25) is 0 Å². The molecule has 1 aromatic carbocycles. The van der Waals surface area contributed by atoms with E-state index in [9.17, 15) is 4.79 Å². The molecule has 1 amide bonds. The molecular weight excluding hydrogens is 338 g/mol. The topological polar surface area (TPSA) is 65.4 Å². The molecule has 7 heteroatoms. The number of anilines is 1. The number of thioether (sulfide) groups is 1. The minimum Gasteiger partial charge on any atom is -0.485 e. The van der Waals surface area contributed by atoms with E-state index < -0.39 is 6.10 Å². The number of hydrogen-bond acceptors (Lipinski definition) is 5. The van der Waals surface area contributed by atoms with Crippen LogP contribution in [0, 0.1) is 0 Å². The van der Waals surface area contributed by atoms with Crippen molar-refractivity contribution in [1.29, 1.82) is 0 Å². The molecule has 25 heavy (non-hydrogen) atoms. The summed E-state index contributed by atoms with van der Waals surface area (Å²) < 4.78 is 13.4. The highest BCUT2D eigenvalue weighted by atomic mass is 32.2. The minimum absolute atomic E-state index is 0.198. The normalized spacial score (nSPS) is 18.8. The van der Waals surface area contributed by atoms with Crippen LogP contribution in [0.25, 0.3) is 0 Å². The van der Waals surface area contributed by atoms with Crippen molar-refractivity contribution in [3.8, 4) is 11.5 Å². The van der Waals surface area contributed by atoms with E-state index in [4.69, 9.17) is 14.6 Å². The van der Waals surface area contributed by atoms with Crippen LogP contribution in [-0.2, 0) is 21.8 Å². The molecular formula is C18H21N3O3S. The summed E-state index contributed by atoms with van der Waals surface area (Å²) in [6.07, 6.45) is -0.678. The molecule has 0 fully saturated rings. The number of nitrogens with one attached hydrogen (secondary N) is 1. The quantitative estimate of drug-likeness (QED) is 0.892. The first-order chi connectivity index (χ1) is 11.9. The van der Waals surface area contributed by atoms with Crippen LogP contribution in [0.4, 0.5) is 5.82 Å². The lowest BCUT2D eigenvalue weighted by atomic mass is 10.1. The molecule has 2 aliphatic heterocycles. The molecule has 2 aromatic rings. The van der Waals surface area contributed by atoms with Crippen LogP contribution < -0.4 is 14.8 Å². The summed E-state index contributed by atoms with van der Waals surface area (Å²) in [4.78, 5) is 12.8. The second kappa shape index (κ2) is 5.98. The number of benzene rings is 1. The van der Waals surface area contributed by atoms with Gasteiger partial charge in [0.15, 0.2) is 11.5 Å². The predicted molar refractivity (Wildman–Crippen MR) is 97.2 cm³/mol. The maximum Gasteiger partial charge on any atom is 0.270 e. The SMILES string of the molecule is CC(C)(C)n1nc2c(c1NC(=O)C1COc3ccccc3O1)CSC2. The molecule has 1 aromatic heterocycles. The third-order valence-electron chi connectivity index (χ3n) is 4.23. The van der Waals surface area contributed by atoms with Crippen molar-refractivity contribution in [1.82, 2.24) is 9.78 Å². The molecule has 0 saturated heterocycles. The van der Waals surface area contributed by atoms with Crippen LogP contribution in [0.3, 0.4) is 0 Å². The van der Waals surface area contributed by atoms with E-state index in [1.807, 2.05) is 40.7 Å². The Kier molecular flexibility index (Phi) is 3.91. The van der Waals surface area contributed by atoms with Gasteiger partial charge in [-0.1, -0.05) is 12.1 Å². The zero-order chi connectivity index (χ0) is 17.6. The third kappa shape index (κ3) is 2.97. The molecule has 0 bridgehead atoms. The Labute approximate surface area is 150 Å². The Morgan fingerprint density at radius 1 is 1.28 bits per heavy atom. The smallest absolute Gasteiger partial charge is 0.270 e. The summed E-state index contributed by atoms with van der Waals surface area (Å²) in [5.74, 6) is 3.59. The molecule has 4 rings (SSSR count). The van der Waals surface area contributed by atoms with Crippen molar-refractivity contribution in [2.45, 2.75) is 43.9 Å². The average molecular weight is 359 g/mol. The molecule has 3 heterocycles. The van der Waals surface area contributed by atoms with Crippen molar-refractivity contribution >= 4 is 23.5 Å². The number of rotatable bonds is 2. The highest BCUT2D eigenvalue weighted by Crippen LogP contribution is 2.37. The van der Waals surface area contributed by atoms with E-state index >= 15 is 0 Å². The Morgan fingerprint density at radius 2 is 2.04 bits per heavy atom. The van der Waals surface area contributed by atoms with Crippen LogP contribution in [0.5, 0.6) is 11.5 Å². The van der Waals surface area contributed by atoms with Crippen molar-refractivity contribution in [2.24, 2.45) is 0 Å². The van der Waals surface area contributed by atoms with E-state index in [1.54, 1.807) is 0 Å². The molecule has 1 atom stereocenters. The Balaban J connectivity index is 1.58. The van der Waals surface area contributed by atoms with Crippen molar-refractivity contribution < 1.29 is 14.3 Å². The Bertz CT molecular complexity index is 825. The molecule has 1 unspecified atom stereocenters. The van der Waals surface area contributed by atoms with Gasteiger partial charge in [-0.3, -0.25) is 4.79 Å². The molecule has 1 N–H and O–H groups in total. The van der Waals surface area contributed by atoms with E-state index in [2.05, 4.69) is 26.1 Å². The van der Waals surface area contributed by atoms with Crippen LogP contribution in [0.1, 0.15) is 32.0 Å². The lowest BCUT2D eigenvalue weighted by Crippen LogP contribution is -2.41. The highest BCUT2D eigenvalue weighted by molar-refractivity contribution is 7.98. The lowest BCUT2D eigenvalue weighted by Gasteiger charge is -2.27. The van der Waals surface area contributed by atoms with Gasteiger partial charge in [0.25, 0.3) is 5.91 Å². The van der Waals surface area contributed by atoms with Gasteiger partial charge in [-0.2, -0.15) is 16.9 Å². The van der Waals surface area contributed by atoms with E-state index in [1.165, 1.54) is 0 Å². The summed E-state index contributed by atoms with van der Waals surface area (Å²) in [6.45, 7) is 6.43.